The van der Waals surface area contributed by atoms with Gasteiger partial charge in [-0.15, -0.1) is 0 Å². The Kier molecular flexibility index (Phi) is 8.78. The third kappa shape index (κ3) is 7.55. The van der Waals surface area contributed by atoms with Crippen molar-refractivity contribution in [2.24, 2.45) is 0 Å². The normalized spacial score (nSPS) is 11.0. The Balaban J connectivity index is 1.42. The maximum absolute atomic E-state index is 13.0. The lowest BCUT2D eigenvalue weighted by atomic mass is 10.1. The molecule has 0 fully saturated rings. The maximum atomic E-state index is 13.0. The first-order valence-electron chi connectivity index (χ1n) is 12.6. The third-order valence-electron chi connectivity index (χ3n) is 6.19. The Morgan fingerprint density at radius 1 is 0.769 bits per heavy atom. The van der Waals surface area contributed by atoms with Crippen LogP contribution in [0.2, 0.25) is 0 Å². The Labute approximate surface area is 229 Å². The van der Waals surface area contributed by atoms with Crippen LogP contribution in [-0.4, -0.2) is 33.0 Å². The molecule has 0 aromatic heterocycles. The molecule has 0 spiro atoms. The molecule has 8 heteroatoms. The number of amides is 2. The van der Waals surface area contributed by atoms with Gasteiger partial charge in [0.1, 0.15) is 0 Å². The molecule has 4 aromatic carbocycles. The lowest BCUT2D eigenvalue weighted by Gasteiger charge is -2.23. The van der Waals surface area contributed by atoms with Crippen molar-refractivity contribution < 1.29 is 18.0 Å². The fourth-order valence-electron chi connectivity index (χ4n) is 4.16. The van der Waals surface area contributed by atoms with Gasteiger partial charge in [0.2, 0.25) is 10.0 Å². The minimum absolute atomic E-state index is 0.135. The maximum Gasteiger partial charge on any atom is 0.255 e. The van der Waals surface area contributed by atoms with Gasteiger partial charge in [-0.3, -0.25) is 13.9 Å². The average molecular weight is 542 g/mol. The molecule has 4 rings (SSSR count). The second kappa shape index (κ2) is 12.4. The van der Waals surface area contributed by atoms with Crippen molar-refractivity contribution in [3.05, 3.63) is 131 Å². The molecule has 2 amide bonds. The smallest absolute Gasteiger partial charge is 0.255 e. The van der Waals surface area contributed by atoms with Gasteiger partial charge in [-0.1, -0.05) is 66.7 Å². The summed E-state index contributed by atoms with van der Waals surface area (Å²) in [6, 6.07) is 30.8. The van der Waals surface area contributed by atoms with E-state index in [-0.39, 0.29) is 18.4 Å². The molecule has 0 saturated carbocycles. The van der Waals surface area contributed by atoms with Crippen molar-refractivity contribution in [1.29, 1.82) is 0 Å². The molecule has 39 heavy (non-hydrogen) atoms. The number of carbonyl (C=O) groups is 2. The van der Waals surface area contributed by atoms with E-state index in [4.69, 9.17) is 0 Å². The number of aryl methyl sites for hydroxylation is 1. The van der Waals surface area contributed by atoms with E-state index in [1.54, 1.807) is 54.6 Å². The highest BCUT2D eigenvalue weighted by molar-refractivity contribution is 7.92. The summed E-state index contributed by atoms with van der Waals surface area (Å²) >= 11 is 0. The fourth-order valence-corrected chi connectivity index (χ4v) is 5.04. The van der Waals surface area contributed by atoms with Crippen LogP contribution in [0, 0.1) is 6.92 Å². The Morgan fingerprint density at radius 2 is 1.46 bits per heavy atom. The molecule has 0 atom stereocenters. The molecule has 0 bridgehead atoms. The number of hydrogen-bond donors (Lipinski definition) is 2. The van der Waals surface area contributed by atoms with Crippen molar-refractivity contribution in [3.63, 3.8) is 0 Å². The number of rotatable bonds is 10. The zero-order valence-corrected chi connectivity index (χ0v) is 22.7. The van der Waals surface area contributed by atoms with Crippen molar-refractivity contribution in [2.75, 3.05) is 22.4 Å². The van der Waals surface area contributed by atoms with Crippen LogP contribution in [0.25, 0.3) is 0 Å². The van der Waals surface area contributed by atoms with E-state index in [9.17, 15) is 18.0 Å². The molecule has 0 radical (unpaired) electrons. The predicted molar refractivity (Wildman–Crippen MR) is 156 cm³/mol. The van der Waals surface area contributed by atoms with Gasteiger partial charge in [-0.2, -0.15) is 0 Å². The molecule has 0 unspecified atom stereocenters. The van der Waals surface area contributed by atoms with E-state index in [0.29, 0.717) is 35.5 Å². The quantitative estimate of drug-likeness (QED) is 0.289. The zero-order chi connectivity index (χ0) is 27.8. The summed E-state index contributed by atoms with van der Waals surface area (Å²) in [7, 11) is -3.52. The molecule has 0 heterocycles. The van der Waals surface area contributed by atoms with Crippen molar-refractivity contribution in [1.82, 2.24) is 5.32 Å². The first kappa shape index (κ1) is 27.6. The minimum Gasteiger partial charge on any atom is -0.352 e. The average Bonchev–Trinajstić information content (AvgIpc) is 2.92. The number of para-hydroxylation sites is 1. The number of benzene rings is 4. The highest BCUT2D eigenvalue weighted by Crippen LogP contribution is 2.22. The molecule has 4 aromatic rings. The molecular weight excluding hydrogens is 510 g/mol. The summed E-state index contributed by atoms with van der Waals surface area (Å²) in [4.78, 5) is 25.8. The number of sulfonamides is 1. The number of nitrogens with zero attached hydrogens (tertiary/aromatic N) is 1. The zero-order valence-electron chi connectivity index (χ0n) is 21.9. The summed E-state index contributed by atoms with van der Waals surface area (Å²) < 4.78 is 26.3. The van der Waals surface area contributed by atoms with Crippen LogP contribution < -0.4 is 14.9 Å². The summed E-state index contributed by atoms with van der Waals surface area (Å²) in [6.45, 7) is 2.51. The SMILES string of the molecule is Cc1cccc(N(Cc2ccc(C(=O)Nc3ccccc3C(=O)NCCc3ccccc3)cc2)S(C)(=O)=O)c1. The predicted octanol–water partition coefficient (Wildman–Crippen LogP) is 5.19. The molecule has 200 valence electrons. The highest BCUT2D eigenvalue weighted by Gasteiger charge is 2.19. The molecule has 0 saturated heterocycles. The molecular formula is C31H31N3O4S. The van der Waals surface area contributed by atoms with E-state index in [1.165, 1.54) is 10.6 Å². The summed E-state index contributed by atoms with van der Waals surface area (Å²) in [5.41, 5.74) is 4.57. The van der Waals surface area contributed by atoms with Gasteiger partial charge < -0.3 is 10.6 Å². The molecule has 7 nitrogen and oxygen atoms in total. The molecule has 0 aliphatic carbocycles. The molecule has 0 aliphatic rings. The molecule has 0 aliphatic heterocycles. The Bertz CT molecular complexity index is 1550. The Hall–Kier alpha value is -4.43. The second-order valence-electron chi connectivity index (χ2n) is 9.30. The van der Waals surface area contributed by atoms with Gasteiger partial charge in [0.15, 0.2) is 0 Å². The van der Waals surface area contributed by atoms with Crippen LogP contribution in [0.15, 0.2) is 103 Å². The van der Waals surface area contributed by atoms with E-state index >= 15 is 0 Å². The largest absolute Gasteiger partial charge is 0.352 e. The monoisotopic (exact) mass is 541 g/mol. The van der Waals surface area contributed by atoms with E-state index in [2.05, 4.69) is 10.6 Å². The van der Waals surface area contributed by atoms with E-state index in [1.807, 2.05) is 55.5 Å². The van der Waals surface area contributed by atoms with Crippen LogP contribution in [-0.2, 0) is 23.0 Å². The van der Waals surface area contributed by atoms with E-state index in [0.717, 1.165) is 16.7 Å². The molecule has 2 N–H and O–H groups in total. The van der Waals surface area contributed by atoms with Gasteiger partial charge in [0, 0.05) is 12.1 Å². The van der Waals surface area contributed by atoms with Gasteiger partial charge in [-0.25, -0.2) is 8.42 Å². The van der Waals surface area contributed by atoms with Gasteiger partial charge in [0.25, 0.3) is 11.8 Å². The number of carbonyl (C=O) groups excluding carboxylic acids is 2. The van der Waals surface area contributed by atoms with Crippen molar-refractivity contribution in [3.8, 4) is 0 Å². The highest BCUT2D eigenvalue weighted by atomic mass is 32.2. The van der Waals surface area contributed by atoms with Gasteiger partial charge in [0.05, 0.1) is 29.7 Å². The third-order valence-corrected chi connectivity index (χ3v) is 7.33. The first-order chi connectivity index (χ1) is 18.7. The number of anilines is 2. The lowest BCUT2D eigenvalue weighted by molar-refractivity contribution is 0.0955. The number of nitrogens with one attached hydrogen (secondary N) is 2. The first-order valence-corrected chi connectivity index (χ1v) is 14.4. The Morgan fingerprint density at radius 3 is 2.15 bits per heavy atom. The minimum atomic E-state index is -3.52. The topological polar surface area (TPSA) is 95.6 Å². The second-order valence-corrected chi connectivity index (χ2v) is 11.2. The lowest BCUT2D eigenvalue weighted by Crippen LogP contribution is -2.29. The van der Waals surface area contributed by atoms with Crippen LogP contribution in [0.5, 0.6) is 0 Å². The van der Waals surface area contributed by atoms with Crippen molar-refractivity contribution >= 4 is 33.2 Å². The summed E-state index contributed by atoms with van der Waals surface area (Å²) in [5.74, 6) is -0.640. The van der Waals surface area contributed by atoms with E-state index < -0.39 is 10.0 Å². The van der Waals surface area contributed by atoms with Crippen LogP contribution in [0.1, 0.15) is 37.4 Å². The van der Waals surface area contributed by atoms with Crippen molar-refractivity contribution in [2.45, 2.75) is 19.9 Å². The summed E-state index contributed by atoms with van der Waals surface area (Å²) in [6.07, 6.45) is 1.88. The summed E-state index contributed by atoms with van der Waals surface area (Å²) in [5, 5.41) is 5.74. The standard InChI is InChI=1S/C31H31N3O4S/c1-23-9-8-12-27(21-23)34(39(2,37)38)22-25-15-17-26(18-16-25)30(35)33-29-14-7-6-13-28(29)31(36)32-20-19-24-10-4-3-5-11-24/h3-18,21H,19-20,22H2,1-2H3,(H,32,36)(H,33,35). The fraction of sp³-hybridized carbons (Fsp3) is 0.161. The van der Waals surface area contributed by atoms with Crippen LogP contribution in [0.3, 0.4) is 0 Å². The van der Waals surface area contributed by atoms with Gasteiger partial charge in [-0.05, 0) is 66.4 Å². The number of hydrogen-bond acceptors (Lipinski definition) is 4. The van der Waals surface area contributed by atoms with Crippen LogP contribution in [0.4, 0.5) is 11.4 Å². The van der Waals surface area contributed by atoms with Gasteiger partial charge >= 0.3 is 0 Å². The van der Waals surface area contributed by atoms with Crippen LogP contribution >= 0.6 is 0 Å².